The molecular weight excluding hydrogens is 580 g/mol. The second kappa shape index (κ2) is 14.8. The summed E-state index contributed by atoms with van der Waals surface area (Å²) < 4.78 is 32.7. The number of rotatable bonds is 14. The van der Waals surface area contributed by atoms with Crippen molar-refractivity contribution in [1.82, 2.24) is 9.21 Å². The molecule has 0 bridgehead atoms. The van der Waals surface area contributed by atoms with Crippen LogP contribution in [0, 0.1) is 5.92 Å². The molecule has 3 atom stereocenters. The minimum Gasteiger partial charge on any atom is -0.452 e. The highest BCUT2D eigenvalue weighted by atomic mass is 32.2. The first-order chi connectivity index (χ1) is 21.1. The molecule has 11 heteroatoms. The van der Waals surface area contributed by atoms with Crippen molar-refractivity contribution < 1.29 is 27.9 Å². The zero-order valence-corrected chi connectivity index (χ0v) is 26.0. The number of aliphatic hydroxyl groups excluding tert-OH is 1. The zero-order chi connectivity index (χ0) is 31.9. The van der Waals surface area contributed by atoms with Crippen molar-refractivity contribution in [1.29, 1.82) is 0 Å². The van der Waals surface area contributed by atoms with Gasteiger partial charge in [0.2, 0.25) is 15.9 Å². The first kappa shape index (κ1) is 33.1. The van der Waals surface area contributed by atoms with Crippen molar-refractivity contribution in [3.63, 3.8) is 0 Å². The van der Waals surface area contributed by atoms with E-state index < -0.39 is 46.1 Å². The number of aliphatic hydroxyl groups is 1. The van der Waals surface area contributed by atoms with Gasteiger partial charge in [0.15, 0.2) is 0 Å². The summed E-state index contributed by atoms with van der Waals surface area (Å²) in [5.74, 6) is -0.947. The molecule has 3 aromatic rings. The van der Waals surface area contributed by atoms with Crippen LogP contribution in [0.3, 0.4) is 0 Å². The molecule has 0 aliphatic heterocycles. The van der Waals surface area contributed by atoms with Crippen molar-refractivity contribution in [3.8, 4) is 0 Å². The Hall–Kier alpha value is -3.77. The summed E-state index contributed by atoms with van der Waals surface area (Å²) in [6, 6.07) is 22.6. The van der Waals surface area contributed by atoms with E-state index in [1.165, 1.54) is 43.3 Å². The number of amides is 2. The lowest BCUT2D eigenvalue weighted by molar-refractivity contribution is -0.133. The number of likely N-dealkylation sites (N-methyl/N-ethyl adjacent to an activating group) is 1. The number of nitrogen functional groups attached to an aromatic ring is 1. The van der Waals surface area contributed by atoms with Gasteiger partial charge in [-0.3, -0.25) is 4.79 Å². The fourth-order valence-electron chi connectivity index (χ4n) is 5.73. The van der Waals surface area contributed by atoms with E-state index in [2.05, 4.69) is 0 Å². The zero-order valence-electron chi connectivity index (χ0n) is 25.2. The van der Waals surface area contributed by atoms with E-state index in [0.717, 1.165) is 28.3 Å². The molecule has 0 unspecified atom stereocenters. The maximum Gasteiger partial charge on any atom is 0.416 e. The summed E-state index contributed by atoms with van der Waals surface area (Å²) in [6.07, 6.45) is 2.09. The number of methoxy groups -OCH3 is 1. The topological polar surface area (TPSA) is 156 Å². The quantitative estimate of drug-likeness (QED) is 0.228. The summed E-state index contributed by atoms with van der Waals surface area (Å²) in [7, 11) is -1.21. The molecule has 3 aromatic carbocycles. The minimum atomic E-state index is -3.88. The molecule has 236 valence electrons. The van der Waals surface area contributed by atoms with Crippen molar-refractivity contribution in [2.24, 2.45) is 11.7 Å². The van der Waals surface area contributed by atoms with Crippen molar-refractivity contribution in [2.75, 3.05) is 26.5 Å². The van der Waals surface area contributed by atoms with E-state index in [-0.39, 0.29) is 17.4 Å². The van der Waals surface area contributed by atoms with Gasteiger partial charge in [-0.1, -0.05) is 60.7 Å². The molecule has 4 rings (SSSR count). The number of hydrogen-bond donors (Lipinski definition) is 3. The Morgan fingerprint density at radius 2 is 1.48 bits per heavy atom. The van der Waals surface area contributed by atoms with Crippen molar-refractivity contribution >= 4 is 27.7 Å². The standard InChI is InChI=1S/C33H42N4O6S/c1-36(44(41,42)28-20-18-26(34)19-21-28)27(22-38)14-9-15-29(23-16-17-23)37(33(40)43-2)32(39)31(35)30(24-10-5-3-6-11-24)25-12-7-4-8-13-25/h3-8,10-13,18-21,23,27,29-31,38H,9,14-17,22,34-35H2,1-2H3/t27-,29+,31-/m0/s1. The van der Waals surface area contributed by atoms with Gasteiger partial charge >= 0.3 is 6.09 Å². The predicted molar refractivity (Wildman–Crippen MR) is 169 cm³/mol. The maximum atomic E-state index is 14.1. The Labute approximate surface area is 259 Å². The average molecular weight is 623 g/mol. The van der Waals surface area contributed by atoms with Gasteiger partial charge in [-0.2, -0.15) is 4.31 Å². The van der Waals surface area contributed by atoms with Gasteiger partial charge in [-0.05, 0) is 73.4 Å². The average Bonchev–Trinajstić information content (AvgIpc) is 3.89. The van der Waals surface area contributed by atoms with Crippen LogP contribution < -0.4 is 11.5 Å². The molecule has 0 saturated heterocycles. The number of hydrogen-bond acceptors (Lipinski definition) is 8. The number of benzene rings is 3. The van der Waals surface area contributed by atoms with Gasteiger partial charge in [-0.25, -0.2) is 18.1 Å². The van der Waals surface area contributed by atoms with Gasteiger partial charge in [0, 0.05) is 30.7 Å². The Kier molecular flexibility index (Phi) is 11.1. The summed E-state index contributed by atoms with van der Waals surface area (Å²) in [5, 5.41) is 10.1. The lowest BCUT2D eigenvalue weighted by atomic mass is 9.84. The fraction of sp³-hybridized carbons (Fsp3) is 0.394. The van der Waals surface area contributed by atoms with Gasteiger partial charge in [0.25, 0.3) is 0 Å². The highest BCUT2D eigenvalue weighted by Gasteiger charge is 2.44. The molecule has 0 spiro atoms. The number of imide groups is 1. The molecule has 0 radical (unpaired) electrons. The number of carbonyl (C=O) groups is 2. The number of ether oxygens (including phenoxy) is 1. The van der Waals surface area contributed by atoms with E-state index in [1.807, 2.05) is 60.7 Å². The number of nitrogens with zero attached hydrogens (tertiary/aromatic N) is 2. The normalized spacial score (nSPS) is 15.5. The summed E-state index contributed by atoms with van der Waals surface area (Å²) in [5.41, 5.74) is 14.6. The van der Waals surface area contributed by atoms with Crippen molar-refractivity contribution in [3.05, 3.63) is 96.1 Å². The molecule has 2 amide bonds. The molecule has 0 aromatic heterocycles. The van der Waals surface area contributed by atoms with Crippen LogP contribution in [0.15, 0.2) is 89.8 Å². The van der Waals surface area contributed by atoms with Gasteiger partial charge < -0.3 is 21.3 Å². The third-order valence-corrected chi connectivity index (χ3v) is 10.3. The number of nitrogens with two attached hydrogens (primary N) is 2. The van der Waals surface area contributed by atoms with E-state index in [9.17, 15) is 23.1 Å². The van der Waals surface area contributed by atoms with E-state index in [4.69, 9.17) is 16.2 Å². The lowest BCUT2D eigenvalue weighted by Crippen LogP contribution is -2.54. The third kappa shape index (κ3) is 7.65. The molecule has 0 heterocycles. The largest absolute Gasteiger partial charge is 0.452 e. The molecule has 44 heavy (non-hydrogen) atoms. The molecule has 10 nitrogen and oxygen atoms in total. The summed E-state index contributed by atoms with van der Waals surface area (Å²) in [4.78, 5) is 28.6. The molecule has 1 aliphatic rings. The first-order valence-electron chi connectivity index (χ1n) is 14.8. The Morgan fingerprint density at radius 3 is 1.95 bits per heavy atom. The first-order valence-corrected chi connectivity index (χ1v) is 16.2. The molecule has 1 saturated carbocycles. The highest BCUT2D eigenvalue weighted by Crippen LogP contribution is 2.39. The van der Waals surface area contributed by atoms with Crippen LogP contribution in [0.2, 0.25) is 0 Å². The van der Waals surface area contributed by atoms with E-state index in [1.54, 1.807) is 0 Å². The van der Waals surface area contributed by atoms with E-state index >= 15 is 0 Å². The van der Waals surface area contributed by atoms with Crippen LogP contribution in [0.5, 0.6) is 0 Å². The van der Waals surface area contributed by atoms with E-state index in [0.29, 0.717) is 24.9 Å². The van der Waals surface area contributed by atoms with Crippen LogP contribution in [0.25, 0.3) is 0 Å². The predicted octanol–water partition coefficient (Wildman–Crippen LogP) is 3.95. The lowest BCUT2D eigenvalue weighted by Gasteiger charge is -2.34. The van der Waals surface area contributed by atoms with Crippen LogP contribution in [-0.2, 0) is 19.6 Å². The van der Waals surface area contributed by atoms with Gasteiger partial charge in [0.1, 0.15) is 0 Å². The Balaban J connectivity index is 1.53. The molecule has 5 N–H and O–H groups in total. The van der Waals surface area contributed by atoms with Gasteiger partial charge in [0.05, 0.1) is 24.7 Å². The number of carbonyl (C=O) groups excluding carboxylic acids is 2. The monoisotopic (exact) mass is 622 g/mol. The summed E-state index contributed by atoms with van der Waals surface area (Å²) in [6.45, 7) is -0.390. The van der Waals surface area contributed by atoms with Gasteiger partial charge in [-0.15, -0.1) is 0 Å². The van der Waals surface area contributed by atoms with Crippen LogP contribution in [0.1, 0.15) is 49.1 Å². The second-order valence-electron chi connectivity index (χ2n) is 11.3. The fourth-order valence-corrected chi connectivity index (χ4v) is 7.10. The number of sulfonamides is 1. The molecular formula is C33H42N4O6S. The maximum absolute atomic E-state index is 14.1. The summed E-state index contributed by atoms with van der Waals surface area (Å²) >= 11 is 0. The van der Waals surface area contributed by atoms with Crippen LogP contribution >= 0.6 is 0 Å². The van der Waals surface area contributed by atoms with Crippen LogP contribution in [0.4, 0.5) is 10.5 Å². The molecule has 1 fully saturated rings. The Bertz CT molecular complexity index is 1440. The smallest absolute Gasteiger partial charge is 0.416 e. The molecule has 1 aliphatic carbocycles. The number of anilines is 1. The third-order valence-electron chi connectivity index (χ3n) is 8.39. The van der Waals surface area contributed by atoms with Crippen LogP contribution in [-0.4, -0.2) is 73.6 Å². The second-order valence-corrected chi connectivity index (χ2v) is 13.3. The minimum absolute atomic E-state index is 0.0753. The Morgan fingerprint density at radius 1 is 0.932 bits per heavy atom. The SMILES string of the molecule is COC(=O)N(C(=O)[C@@H](N)C(c1ccccc1)c1ccccc1)[C@H](CCC[C@@H](CO)N(C)S(=O)(=O)c1ccc(N)cc1)C1CC1. The highest BCUT2D eigenvalue weighted by molar-refractivity contribution is 7.89. The van der Waals surface area contributed by atoms with Crippen molar-refractivity contribution in [2.45, 2.75) is 61.0 Å².